The molecule has 0 aromatic heterocycles. The van der Waals surface area contributed by atoms with Gasteiger partial charge in [0, 0.05) is 18.7 Å². The quantitative estimate of drug-likeness (QED) is 0.939. The van der Waals surface area contributed by atoms with Crippen LogP contribution in [0.3, 0.4) is 0 Å². The summed E-state index contributed by atoms with van der Waals surface area (Å²) < 4.78 is 27.7. The summed E-state index contributed by atoms with van der Waals surface area (Å²) in [4.78, 5) is 14.0. The van der Waals surface area contributed by atoms with Crippen LogP contribution >= 0.6 is 0 Å². The van der Waals surface area contributed by atoms with Gasteiger partial charge in [0.05, 0.1) is 12.0 Å². The van der Waals surface area contributed by atoms with Crippen LogP contribution < -0.4 is 0 Å². The Balaban J connectivity index is 1.76. The van der Waals surface area contributed by atoms with Gasteiger partial charge in [0.2, 0.25) is 5.91 Å². The summed E-state index contributed by atoms with van der Waals surface area (Å²) in [6, 6.07) is 11.1. The van der Waals surface area contributed by atoms with Gasteiger partial charge in [-0.05, 0) is 36.6 Å². The lowest BCUT2D eigenvalue weighted by Gasteiger charge is -2.32. The molecular weight excluding hydrogens is 312 g/mol. The van der Waals surface area contributed by atoms with Crippen LogP contribution in [0.15, 0.2) is 42.5 Å². The van der Waals surface area contributed by atoms with E-state index in [0.717, 1.165) is 12.1 Å². The topological polar surface area (TPSA) is 40.5 Å². The van der Waals surface area contributed by atoms with Crippen molar-refractivity contribution in [3.63, 3.8) is 0 Å². The van der Waals surface area contributed by atoms with Gasteiger partial charge in [-0.1, -0.05) is 30.3 Å². The van der Waals surface area contributed by atoms with Crippen molar-refractivity contribution in [1.82, 2.24) is 4.90 Å². The van der Waals surface area contributed by atoms with E-state index in [0.29, 0.717) is 17.7 Å². The third kappa shape index (κ3) is 3.17. The molecule has 0 fully saturated rings. The van der Waals surface area contributed by atoms with Gasteiger partial charge >= 0.3 is 0 Å². The van der Waals surface area contributed by atoms with Crippen LogP contribution in [-0.2, 0) is 23.4 Å². The smallest absolute Gasteiger partial charge is 0.226 e. The SMILES string of the molecule is CC(O)(CC(=O)N1CCc2c(F)ccc(F)c2C1)c1ccccc1. The molecule has 0 aliphatic carbocycles. The number of aliphatic hydroxyl groups is 1. The standard InChI is InChI=1S/C19H19F2NO2/c1-19(24,13-5-3-2-4-6-13)11-18(23)22-10-9-14-15(12-22)17(21)8-7-16(14)20/h2-8,24H,9-12H2,1H3. The largest absolute Gasteiger partial charge is 0.385 e. The van der Waals surface area contributed by atoms with Gasteiger partial charge in [-0.25, -0.2) is 8.78 Å². The third-order valence-corrected chi connectivity index (χ3v) is 4.54. The van der Waals surface area contributed by atoms with Crippen LogP contribution in [0.4, 0.5) is 8.78 Å². The predicted octanol–water partition coefficient (Wildman–Crippen LogP) is 3.15. The maximum Gasteiger partial charge on any atom is 0.226 e. The molecule has 0 saturated heterocycles. The first-order valence-corrected chi connectivity index (χ1v) is 7.90. The van der Waals surface area contributed by atoms with Gasteiger partial charge in [-0.2, -0.15) is 0 Å². The minimum Gasteiger partial charge on any atom is -0.385 e. The van der Waals surface area contributed by atoms with Crippen LogP contribution in [0, 0.1) is 11.6 Å². The van der Waals surface area contributed by atoms with Gasteiger partial charge in [-0.3, -0.25) is 4.79 Å². The Morgan fingerprint density at radius 2 is 1.75 bits per heavy atom. The Labute approximate surface area is 139 Å². The molecule has 1 heterocycles. The van der Waals surface area contributed by atoms with Crippen LogP contribution in [-0.4, -0.2) is 22.5 Å². The maximum atomic E-state index is 13.9. The highest BCUT2D eigenvalue weighted by atomic mass is 19.1. The van der Waals surface area contributed by atoms with Gasteiger partial charge < -0.3 is 10.0 Å². The van der Waals surface area contributed by atoms with Gasteiger partial charge in [0.1, 0.15) is 11.6 Å². The molecule has 3 rings (SSSR count). The predicted molar refractivity (Wildman–Crippen MR) is 86.1 cm³/mol. The summed E-state index contributed by atoms with van der Waals surface area (Å²) in [6.45, 7) is 1.93. The number of amides is 1. The zero-order valence-electron chi connectivity index (χ0n) is 13.4. The summed E-state index contributed by atoms with van der Waals surface area (Å²) in [6.07, 6.45) is 0.168. The van der Waals surface area contributed by atoms with Gasteiger partial charge in [-0.15, -0.1) is 0 Å². The van der Waals surface area contributed by atoms with Crippen molar-refractivity contribution in [3.8, 4) is 0 Å². The van der Waals surface area contributed by atoms with E-state index in [4.69, 9.17) is 0 Å². The molecule has 1 N–H and O–H groups in total. The van der Waals surface area contributed by atoms with E-state index in [9.17, 15) is 18.7 Å². The van der Waals surface area contributed by atoms with E-state index in [-0.39, 0.29) is 30.9 Å². The second kappa shape index (κ2) is 6.32. The number of benzene rings is 2. The molecule has 0 radical (unpaired) electrons. The number of rotatable bonds is 3. The van der Waals surface area contributed by atoms with E-state index in [1.165, 1.54) is 4.90 Å². The third-order valence-electron chi connectivity index (χ3n) is 4.54. The minimum absolute atomic E-state index is 0.0304. The first kappa shape index (κ1) is 16.6. The fourth-order valence-electron chi connectivity index (χ4n) is 3.11. The normalized spacial score (nSPS) is 16.4. The minimum atomic E-state index is -1.31. The van der Waals surface area contributed by atoms with Gasteiger partial charge in [0.25, 0.3) is 0 Å². The van der Waals surface area contributed by atoms with E-state index >= 15 is 0 Å². The fourth-order valence-corrected chi connectivity index (χ4v) is 3.11. The fraction of sp³-hybridized carbons (Fsp3) is 0.316. The monoisotopic (exact) mass is 331 g/mol. The van der Waals surface area contributed by atoms with Crippen LogP contribution in [0.5, 0.6) is 0 Å². The molecular formula is C19H19F2NO2. The Bertz CT molecular complexity index is 759. The van der Waals surface area contributed by atoms with E-state index in [1.807, 2.05) is 6.07 Å². The van der Waals surface area contributed by atoms with Crippen molar-refractivity contribution in [1.29, 1.82) is 0 Å². The summed E-state index contributed by atoms with van der Waals surface area (Å²) in [7, 11) is 0. The summed E-state index contributed by atoms with van der Waals surface area (Å²) in [5.41, 5.74) is -0.0881. The molecule has 3 nitrogen and oxygen atoms in total. The number of fused-ring (bicyclic) bond motifs is 1. The van der Waals surface area contributed by atoms with Crippen LogP contribution in [0.1, 0.15) is 30.0 Å². The number of nitrogens with zero attached hydrogens (tertiary/aromatic N) is 1. The Hall–Kier alpha value is -2.27. The summed E-state index contributed by atoms with van der Waals surface area (Å²) >= 11 is 0. The zero-order chi connectivity index (χ0) is 17.3. The molecule has 1 unspecified atom stereocenters. The van der Waals surface area contributed by atoms with Crippen molar-refractivity contribution < 1.29 is 18.7 Å². The van der Waals surface area contributed by atoms with E-state index < -0.39 is 17.2 Å². The molecule has 1 aliphatic rings. The highest BCUT2D eigenvalue weighted by Crippen LogP contribution is 2.28. The molecule has 1 aliphatic heterocycles. The Morgan fingerprint density at radius 3 is 2.42 bits per heavy atom. The van der Waals surface area contributed by atoms with Crippen molar-refractivity contribution >= 4 is 5.91 Å². The summed E-state index contributed by atoms with van der Waals surface area (Å²) in [5.74, 6) is -1.22. The highest BCUT2D eigenvalue weighted by Gasteiger charge is 2.31. The van der Waals surface area contributed by atoms with E-state index in [2.05, 4.69) is 0 Å². The number of carbonyl (C=O) groups is 1. The molecule has 0 spiro atoms. The zero-order valence-corrected chi connectivity index (χ0v) is 13.4. The first-order chi connectivity index (χ1) is 11.4. The van der Waals surface area contributed by atoms with Crippen LogP contribution in [0.25, 0.3) is 0 Å². The van der Waals surface area contributed by atoms with Crippen molar-refractivity contribution in [2.45, 2.75) is 31.9 Å². The molecule has 5 heteroatoms. The molecule has 0 saturated carbocycles. The number of hydrogen-bond acceptors (Lipinski definition) is 2. The molecule has 1 atom stereocenters. The number of carbonyl (C=O) groups excluding carboxylic acids is 1. The Kier molecular flexibility index (Phi) is 4.37. The number of halogens is 2. The van der Waals surface area contributed by atoms with Gasteiger partial charge in [0.15, 0.2) is 0 Å². The molecule has 2 aromatic carbocycles. The lowest BCUT2D eigenvalue weighted by atomic mass is 9.91. The van der Waals surface area contributed by atoms with Crippen LogP contribution in [0.2, 0.25) is 0 Å². The van der Waals surface area contributed by atoms with Crippen molar-refractivity contribution in [3.05, 3.63) is 70.8 Å². The Morgan fingerprint density at radius 1 is 1.12 bits per heavy atom. The second-order valence-corrected chi connectivity index (χ2v) is 6.37. The summed E-state index contributed by atoms with van der Waals surface area (Å²) in [5, 5.41) is 10.6. The average Bonchev–Trinajstić information content (AvgIpc) is 2.58. The molecule has 24 heavy (non-hydrogen) atoms. The molecule has 2 aromatic rings. The first-order valence-electron chi connectivity index (χ1n) is 7.90. The van der Waals surface area contributed by atoms with Crippen molar-refractivity contribution in [2.75, 3.05) is 6.54 Å². The molecule has 126 valence electrons. The maximum absolute atomic E-state index is 13.9. The number of hydrogen-bond donors (Lipinski definition) is 1. The van der Waals surface area contributed by atoms with Crippen molar-refractivity contribution in [2.24, 2.45) is 0 Å². The lowest BCUT2D eigenvalue weighted by molar-refractivity contribution is -0.137. The lowest BCUT2D eigenvalue weighted by Crippen LogP contribution is -2.40. The van der Waals surface area contributed by atoms with E-state index in [1.54, 1.807) is 31.2 Å². The highest BCUT2D eigenvalue weighted by molar-refractivity contribution is 5.78. The molecule has 0 bridgehead atoms. The second-order valence-electron chi connectivity index (χ2n) is 6.37. The average molecular weight is 331 g/mol. The molecule has 1 amide bonds.